The van der Waals surface area contributed by atoms with Crippen LogP contribution in [0.4, 0.5) is 0 Å². The molecule has 21 heavy (non-hydrogen) atoms. The summed E-state index contributed by atoms with van der Waals surface area (Å²) >= 11 is 1.60. The molecule has 0 spiro atoms. The molecule has 8 heteroatoms. The van der Waals surface area contributed by atoms with Gasteiger partial charge in [0.2, 0.25) is 5.91 Å². The van der Waals surface area contributed by atoms with Gasteiger partial charge in [0.25, 0.3) is 0 Å². The zero-order valence-electron chi connectivity index (χ0n) is 12.6. The standard InChI is InChI=1S/C13H25NO6S/c1-11(15)14-12(13(16)17)3-9-21-10-8-20-7-6-19-5-4-18-2/h12H,3-10H2,1-2H3,(H,14,15)(H,16,17). The first kappa shape index (κ1) is 20.2. The number of carbonyl (C=O) groups is 2. The number of carboxylic acids is 1. The van der Waals surface area contributed by atoms with Crippen LogP contribution < -0.4 is 5.32 Å². The fourth-order valence-corrected chi connectivity index (χ4v) is 2.23. The summed E-state index contributed by atoms with van der Waals surface area (Å²) in [5, 5.41) is 11.3. The van der Waals surface area contributed by atoms with Gasteiger partial charge in [-0.1, -0.05) is 0 Å². The number of amides is 1. The van der Waals surface area contributed by atoms with Gasteiger partial charge in [0.05, 0.1) is 33.0 Å². The lowest BCUT2D eigenvalue weighted by Gasteiger charge is -2.12. The van der Waals surface area contributed by atoms with E-state index in [1.165, 1.54) is 6.92 Å². The van der Waals surface area contributed by atoms with E-state index in [4.69, 9.17) is 19.3 Å². The highest BCUT2D eigenvalue weighted by molar-refractivity contribution is 7.99. The van der Waals surface area contributed by atoms with Gasteiger partial charge in [-0.05, 0) is 12.2 Å². The summed E-state index contributed by atoms with van der Waals surface area (Å²) in [6, 6.07) is -0.815. The molecule has 0 aliphatic heterocycles. The van der Waals surface area contributed by atoms with Gasteiger partial charge in [-0.25, -0.2) is 4.79 Å². The summed E-state index contributed by atoms with van der Waals surface area (Å²) in [5.74, 6) is 0.106. The van der Waals surface area contributed by atoms with Gasteiger partial charge in [-0.15, -0.1) is 0 Å². The highest BCUT2D eigenvalue weighted by Crippen LogP contribution is 2.05. The van der Waals surface area contributed by atoms with E-state index < -0.39 is 12.0 Å². The molecule has 2 N–H and O–H groups in total. The Morgan fingerprint density at radius 2 is 1.71 bits per heavy atom. The molecular weight excluding hydrogens is 298 g/mol. The minimum atomic E-state index is -1.00. The van der Waals surface area contributed by atoms with Gasteiger partial charge >= 0.3 is 5.97 Å². The normalized spacial score (nSPS) is 12.1. The molecule has 1 atom stereocenters. The van der Waals surface area contributed by atoms with E-state index in [9.17, 15) is 9.59 Å². The van der Waals surface area contributed by atoms with Crippen molar-refractivity contribution in [3.8, 4) is 0 Å². The molecule has 0 aromatic rings. The van der Waals surface area contributed by atoms with Crippen LogP contribution in [0.25, 0.3) is 0 Å². The Hall–Kier alpha value is -0.830. The predicted molar refractivity (Wildman–Crippen MR) is 80.7 cm³/mol. The molecule has 7 nitrogen and oxygen atoms in total. The van der Waals surface area contributed by atoms with Crippen molar-refractivity contribution in [2.75, 3.05) is 51.6 Å². The second-order valence-corrected chi connectivity index (χ2v) is 5.43. The minimum absolute atomic E-state index is 0.329. The van der Waals surface area contributed by atoms with Crippen molar-refractivity contribution >= 4 is 23.6 Å². The van der Waals surface area contributed by atoms with Crippen molar-refractivity contribution in [3.63, 3.8) is 0 Å². The van der Waals surface area contributed by atoms with Gasteiger partial charge in [-0.3, -0.25) is 4.79 Å². The summed E-state index contributed by atoms with van der Waals surface area (Å²) in [6.45, 7) is 4.12. The summed E-state index contributed by atoms with van der Waals surface area (Å²) in [5.41, 5.74) is 0. The monoisotopic (exact) mass is 323 g/mol. The average molecular weight is 323 g/mol. The number of aliphatic carboxylic acids is 1. The molecule has 0 bridgehead atoms. The molecule has 1 amide bonds. The maximum Gasteiger partial charge on any atom is 0.326 e. The van der Waals surface area contributed by atoms with Crippen LogP contribution in [-0.2, 0) is 23.8 Å². The molecule has 124 valence electrons. The molecule has 0 aromatic heterocycles. The lowest BCUT2D eigenvalue weighted by atomic mass is 10.2. The Morgan fingerprint density at radius 3 is 2.29 bits per heavy atom. The second kappa shape index (κ2) is 14.1. The number of carbonyl (C=O) groups excluding carboxylic acids is 1. The van der Waals surface area contributed by atoms with E-state index >= 15 is 0 Å². The average Bonchev–Trinajstić information content (AvgIpc) is 2.42. The number of carboxylic acid groups (broad SMARTS) is 1. The third-order valence-corrected chi connectivity index (χ3v) is 3.38. The van der Waals surface area contributed by atoms with Crippen molar-refractivity contribution in [2.24, 2.45) is 0 Å². The maximum absolute atomic E-state index is 10.9. The Kier molecular flexibility index (Phi) is 13.6. The van der Waals surface area contributed by atoms with Crippen molar-refractivity contribution in [1.82, 2.24) is 5.32 Å². The summed E-state index contributed by atoms with van der Waals surface area (Å²) < 4.78 is 15.4. The topological polar surface area (TPSA) is 94.1 Å². The minimum Gasteiger partial charge on any atom is -0.480 e. The Morgan fingerprint density at radius 1 is 1.10 bits per heavy atom. The molecule has 0 heterocycles. The smallest absolute Gasteiger partial charge is 0.326 e. The van der Waals surface area contributed by atoms with Crippen molar-refractivity contribution < 1.29 is 28.9 Å². The first-order chi connectivity index (χ1) is 10.1. The largest absolute Gasteiger partial charge is 0.480 e. The lowest BCUT2D eigenvalue weighted by Crippen LogP contribution is -2.39. The molecule has 0 aliphatic carbocycles. The molecule has 0 radical (unpaired) electrons. The third-order valence-electron chi connectivity index (χ3n) is 2.40. The van der Waals surface area contributed by atoms with Crippen LogP contribution in [0.5, 0.6) is 0 Å². The Balaban J connectivity index is 3.38. The molecule has 0 saturated carbocycles. The van der Waals surface area contributed by atoms with Gasteiger partial charge in [-0.2, -0.15) is 11.8 Å². The van der Waals surface area contributed by atoms with Crippen LogP contribution >= 0.6 is 11.8 Å². The van der Waals surface area contributed by atoms with Gasteiger partial charge in [0, 0.05) is 19.8 Å². The molecule has 0 rings (SSSR count). The number of hydrogen-bond donors (Lipinski definition) is 2. The summed E-state index contributed by atoms with van der Waals surface area (Å²) in [4.78, 5) is 21.7. The van der Waals surface area contributed by atoms with E-state index in [-0.39, 0.29) is 5.91 Å². The van der Waals surface area contributed by atoms with Crippen LogP contribution in [0.15, 0.2) is 0 Å². The predicted octanol–water partition coefficient (Wildman–Crippen LogP) is 0.379. The number of thioether (sulfide) groups is 1. The number of rotatable bonds is 14. The number of methoxy groups -OCH3 is 1. The molecule has 0 aliphatic rings. The summed E-state index contributed by atoms with van der Waals surface area (Å²) in [7, 11) is 1.62. The summed E-state index contributed by atoms with van der Waals surface area (Å²) in [6.07, 6.45) is 0.402. The Bertz CT molecular complexity index is 290. The lowest BCUT2D eigenvalue weighted by molar-refractivity contribution is -0.141. The van der Waals surface area contributed by atoms with Crippen LogP contribution in [0.1, 0.15) is 13.3 Å². The van der Waals surface area contributed by atoms with Crippen molar-refractivity contribution in [3.05, 3.63) is 0 Å². The van der Waals surface area contributed by atoms with Crippen molar-refractivity contribution in [1.29, 1.82) is 0 Å². The number of nitrogens with one attached hydrogen (secondary N) is 1. The Labute approximate surface area is 129 Å². The quantitative estimate of drug-likeness (QED) is 0.446. The fraction of sp³-hybridized carbons (Fsp3) is 0.846. The van der Waals surface area contributed by atoms with Gasteiger partial charge in [0.1, 0.15) is 6.04 Å². The van der Waals surface area contributed by atoms with Gasteiger partial charge in [0.15, 0.2) is 0 Å². The van der Waals surface area contributed by atoms with Gasteiger partial charge < -0.3 is 24.6 Å². The van der Waals surface area contributed by atoms with E-state index in [2.05, 4.69) is 5.32 Å². The van der Waals surface area contributed by atoms with Crippen LogP contribution in [-0.4, -0.2) is 74.7 Å². The van der Waals surface area contributed by atoms with Crippen LogP contribution in [0.2, 0.25) is 0 Å². The first-order valence-electron chi connectivity index (χ1n) is 6.80. The third kappa shape index (κ3) is 13.9. The number of ether oxygens (including phenoxy) is 3. The second-order valence-electron chi connectivity index (χ2n) is 4.21. The zero-order chi connectivity index (χ0) is 15.9. The fourth-order valence-electron chi connectivity index (χ4n) is 1.39. The SMILES string of the molecule is COCCOCCOCCSCCC(NC(C)=O)C(=O)O. The molecule has 0 aromatic carbocycles. The van der Waals surface area contributed by atoms with Crippen LogP contribution in [0, 0.1) is 0 Å². The van der Waals surface area contributed by atoms with E-state index in [1.54, 1.807) is 18.9 Å². The van der Waals surface area contributed by atoms with E-state index in [0.29, 0.717) is 45.2 Å². The first-order valence-corrected chi connectivity index (χ1v) is 7.95. The molecule has 0 saturated heterocycles. The maximum atomic E-state index is 10.9. The highest BCUT2D eigenvalue weighted by Gasteiger charge is 2.17. The molecule has 0 fully saturated rings. The van der Waals surface area contributed by atoms with Crippen molar-refractivity contribution in [2.45, 2.75) is 19.4 Å². The highest BCUT2D eigenvalue weighted by atomic mass is 32.2. The zero-order valence-corrected chi connectivity index (χ0v) is 13.4. The van der Waals surface area contributed by atoms with E-state index in [0.717, 1.165) is 5.75 Å². The molecular formula is C13H25NO6S. The molecule has 1 unspecified atom stereocenters. The van der Waals surface area contributed by atoms with Crippen LogP contribution in [0.3, 0.4) is 0 Å². The number of hydrogen-bond acceptors (Lipinski definition) is 6. The van der Waals surface area contributed by atoms with E-state index in [1.807, 2.05) is 0 Å².